The quantitative estimate of drug-likeness (QED) is 0.709. The van der Waals surface area contributed by atoms with E-state index in [4.69, 9.17) is 9.47 Å². The van der Waals surface area contributed by atoms with Crippen LogP contribution >= 0.6 is 0 Å². The van der Waals surface area contributed by atoms with Gasteiger partial charge in [-0.25, -0.2) is 8.42 Å². The molecule has 3 rings (SSSR count). The van der Waals surface area contributed by atoms with E-state index in [1.165, 1.54) is 18.2 Å². The number of unbranched alkanes of at least 4 members (excludes halogenated alkanes) is 1. The van der Waals surface area contributed by atoms with Crippen LogP contribution in [-0.2, 0) is 10.0 Å². The lowest BCUT2D eigenvalue weighted by Crippen LogP contribution is -2.24. The highest BCUT2D eigenvalue weighted by molar-refractivity contribution is 7.92. The topological polar surface area (TPSA) is 93.7 Å². The average Bonchev–Trinajstić information content (AvgIpc) is 2.67. The molecule has 0 fully saturated rings. The van der Waals surface area contributed by atoms with Gasteiger partial charge in [-0.2, -0.15) is 0 Å². The Bertz CT molecular complexity index is 927. The van der Waals surface area contributed by atoms with Crippen LogP contribution in [0.15, 0.2) is 47.4 Å². The number of nitrogens with one attached hydrogen (secondary N) is 2. The zero-order valence-electron chi connectivity index (χ0n) is 15.0. The van der Waals surface area contributed by atoms with Crippen molar-refractivity contribution in [3.8, 4) is 11.5 Å². The molecule has 1 amide bonds. The summed E-state index contributed by atoms with van der Waals surface area (Å²) in [6.07, 6.45) is 1.87. The first-order chi connectivity index (χ1) is 13.0. The Morgan fingerprint density at radius 3 is 2.63 bits per heavy atom. The van der Waals surface area contributed by atoms with Crippen LogP contribution in [0.3, 0.4) is 0 Å². The van der Waals surface area contributed by atoms with E-state index in [1.807, 2.05) is 6.92 Å². The van der Waals surface area contributed by atoms with Gasteiger partial charge in [-0.1, -0.05) is 19.4 Å². The van der Waals surface area contributed by atoms with Crippen molar-refractivity contribution >= 4 is 21.6 Å². The molecule has 7 nitrogen and oxygen atoms in total. The minimum absolute atomic E-state index is 0.0598. The van der Waals surface area contributed by atoms with E-state index in [0.29, 0.717) is 42.5 Å². The molecule has 0 atom stereocenters. The number of sulfonamides is 1. The Labute approximate surface area is 158 Å². The number of rotatable bonds is 7. The number of amides is 1. The summed E-state index contributed by atoms with van der Waals surface area (Å²) >= 11 is 0. The smallest absolute Gasteiger partial charge is 0.262 e. The van der Waals surface area contributed by atoms with Gasteiger partial charge in [0.1, 0.15) is 13.2 Å². The van der Waals surface area contributed by atoms with Gasteiger partial charge in [-0.15, -0.1) is 0 Å². The molecule has 144 valence electrons. The van der Waals surface area contributed by atoms with Crippen molar-refractivity contribution in [3.63, 3.8) is 0 Å². The van der Waals surface area contributed by atoms with Gasteiger partial charge in [0, 0.05) is 23.9 Å². The lowest BCUT2D eigenvalue weighted by Gasteiger charge is -2.19. The van der Waals surface area contributed by atoms with Crippen LogP contribution in [-0.4, -0.2) is 34.1 Å². The molecule has 0 radical (unpaired) electrons. The fourth-order valence-electron chi connectivity index (χ4n) is 2.61. The van der Waals surface area contributed by atoms with Gasteiger partial charge in [0.15, 0.2) is 11.5 Å². The van der Waals surface area contributed by atoms with Gasteiger partial charge < -0.3 is 14.8 Å². The molecule has 1 heterocycles. The summed E-state index contributed by atoms with van der Waals surface area (Å²) in [4.78, 5) is 12.2. The fourth-order valence-corrected chi connectivity index (χ4v) is 3.67. The number of carbonyl (C=O) groups excluding carboxylic acids is 1. The summed E-state index contributed by atoms with van der Waals surface area (Å²) in [6, 6.07) is 10.8. The van der Waals surface area contributed by atoms with E-state index in [0.717, 1.165) is 12.8 Å². The molecule has 0 saturated heterocycles. The monoisotopic (exact) mass is 390 g/mol. The molecule has 0 bridgehead atoms. The predicted molar refractivity (Wildman–Crippen MR) is 102 cm³/mol. The highest BCUT2D eigenvalue weighted by Crippen LogP contribution is 2.32. The second-order valence-electron chi connectivity index (χ2n) is 6.10. The lowest BCUT2D eigenvalue weighted by atomic mass is 10.2. The second kappa shape index (κ2) is 8.30. The third-order valence-electron chi connectivity index (χ3n) is 4.02. The molecule has 0 aromatic heterocycles. The summed E-state index contributed by atoms with van der Waals surface area (Å²) in [5.41, 5.74) is 0.710. The molecule has 0 spiro atoms. The summed E-state index contributed by atoms with van der Waals surface area (Å²) < 4.78 is 38.7. The first-order valence-electron chi connectivity index (χ1n) is 8.80. The zero-order valence-corrected chi connectivity index (χ0v) is 15.8. The maximum Gasteiger partial charge on any atom is 0.262 e. The normalized spacial score (nSPS) is 13.1. The molecule has 27 heavy (non-hydrogen) atoms. The van der Waals surface area contributed by atoms with Crippen LogP contribution < -0.4 is 19.5 Å². The van der Waals surface area contributed by atoms with E-state index in [2.05, 4.69) is 10.0 Å². The number of carbonyl (C=O) groups is 1. The van der Waals surface area contributed by atoms with E-state index in [9.17, 15) is 13.2 Å². The molecule has 8 heteroatoms. The van der Waals surface area contributed by atoms with Crippen LogP contribution in [0.4, 0.5) is 5.69 Å². The third kappa shape index (κ3) is 4.71. The summed E-state index contributed by atoms with van der Waals surface area (Å²) in [7, 11) is -3.83. The van der Waals surface area contributed by atoms with Crippen molar-refractivity contribution in [1.29, 1.82) is 0 Å². The standard InChI is InChI=1S/C19H22N2O5S/c1-2-3-9-20-19(22)14-5-4-6-15(12-14)21-27(23,24)16-7-8-17-18(13-16)26-11-10-25-17/h4-8,12-13,21H,2-3,9-11H2,1H3,(H,20,22). The first-order valence-corrected chi connectivity index (χ1v) is 10.3. The molecular formula is C19H22N2O5S. The van der Waals surface area contributed by atoms with Crippen LogP contribution in [0, 0.1) is 0 Å². The van der Waals surface area contributed by atoms with Crippen molar-refractivity contribution in [1.82, 2.24) is 5.32 Å². The largest absolute Gasteiger partial charge is 0.486 e. The Kier molecular flexibility index (Phi) is 5.85. The predicted octanol–water partition coefficient (Wildman–Crippen LogP) is 2.79. The molecule has 2 aromatic rings. The average molecular weight is 390 g/mol. The molecule has 1 aliphatic heterocycles. The Morgan fingerprint density at radius 2 is 1.85 bits per heavy atom. The maximum atomic E-state index is 12.7. The lowest BCUT2D eigenvalue weighted by molar-refractivity contribution is 0.0953. The van der Waals surface area contributed by atoms with Gasteiger partial charge in [-0.05, 0) is 36.8 Å². The summed E-state index contributed by atoms with van der Waals surface area (Å²) in [6.45, 7) is 3.44. The van der Waals surface area contributed by atoms with E-state index < -0.39 is 10.0 Å². The van der Waals surface area contributed by atoms with Crippen molar-refractivity contribution < 1.29 is 22.7 Å². The SMILES string of the molecule is CCCCNC(=O)c1cccc(NS(=O)(=O)c2ccc3c(c2)OCCO3)c1. The number of hydrogen-bond donors (Lipinski definition) is 2. The first kappa shape index (κ1) is 19.0. The number of fused-ring (bicyclic) bond motifs is 1. The minimum Gasteiger partial charge on any atom is -0.486 e. The molecule has 0 saturated carbocycles. The Balaban J connectivity index is 1.76. The van der Waals surface area contributed by atoms with Gasteiger partial charge in [-0.3, -0.25) is 9.52 Å². The fraction of sp³-hybridized carbons (Fsp3) is 0.316. The Morgan fingerprint density at radius 1 is 1.07 bits per heavy atom. The van der Waals surface area contributed by atoms with Gasteiger partial charge in [0.05, 0.1) is 4.90 Å². The number of anilines is 1. The van der Waals surface area contributed by atoms with Crippen molar-refractivity contribution in [2.75, 3.05) is 24.5 Å². The Hall–Kier alpha value is -2.74. The van der Waals surface area contributed by atoms with Crippen molar-refractivity contribution in [2.24, 2.45) is 0 Å². The molecular weight excluding hydrogens is 368 g/mol. The van der Waals surface area contributed by atoms with Crippen LogP contribution in [0.5, 0.6) is 11.5 Å². The van der Waals surface area contributed by atoms with Crippen LogP contribution in [0.1, 0.15) is 30.1 Å². The van der Waals surface area contributed by atoms with Crippen molar-refractivity contribution in [2.45, 2.75) is 24.7 Å². The molecule has 0 unspecified atom stereocenters. The minimum atomic E-state index is -3.83. The van der Waals surface area contributed by atoms with E-state index in [-0.39, 0.29) is 10.8 Å². The second-order valence-corrected chi connectivity index (χ2v) is 7.78. The maximum absolute atomic E-state index is 12.7. The molecule has 2 aromatic carbocycles. The molecule has 1 aliphatic rings. The van der Waals surface area contributed by atoms with Crippen molar-refractivity contribution in [3.05, 3.63) is 48.0 Å². The molecule has 0 aliphatic carbocycles. The number of hydrogen-bond acceptors (Lipinski definition) is 5. The van der Waals surface area contributed by atoms with Crippen LogP contribution in [0.25, 0.3) is 0 Å². The van der Waals surface area contributed by atoms with Crippen LogP contribution in [0.2, 0.25) is 0 Å². The van der Waals surface area contributed by atoms with Gasteiger partial charge in [0.2, 0.25) is 0 Å². The zero-order chi connectivity index (χ0) is 19.3. The van der Waals surface area contributed by atoms with Gasteiger partial charge in [0.25, 0.3) is 15.9 Å². The van der Waals surface area contributed by atoms with Gasteiger partial charge >= 0.3 is 0 Å². The summed E-state index contributed by atoms with van der Waals surface area (Å²) in [5, 5.41) is 2.81. The summed E-state index contributed by atoms with van der Waals surface area (Å²) in [5.74, 6) is 0.683. The number of benzene rings is 2. The highest BCUT2D eigenvalue weighted by Gasteiger charge is 2.20. The molecule has 2 N–H and O–H groups in total. The highest BCUT2D eigenvalue weighted by atomic mass is 32.2. The number of ether oxygens (including phenoxy) is 2. The third-order valence-corrected chi connectivity index (χ3v) is 5.40. The van der Waals surface area contributed by atoms with E-state index in [1.54, 1.807) is 24.3 Å². The van der Waals surface area contributed by atoms with E-state index >= 15 is 0 Å².